The lowest BCUT2D eigenvalue weighted by molar-refractivity contribution is -0.0503. The van der Waals surface area contributed by atoms with E-state index in [2.05, 4.69) is 13.2 Å². The molecule has 0 fully saturated rings. The second-order valence-corrected chi connectivity index (χ2v) is 5.46. The third-order valence-corrected chi connectivity index (χ3v) is 4.23. The molecule has 0 heterocycles. The molecule has 2 heteroatoms. The van der Waals surface area contributed by atoms with E-state index in [0.29, 0.717) is 5.57 Å². The summed E-state index contributed by atoms with van der Waals surface area (Å²) in [6.45, 7) is 19.0. The molecule has 3 N–H and O–H groups in total. The van der Waals surface area contributed by atoms with Gasteiger partial charge < -0.3 is 10.8 Å². The monoisotopic (exact) mass is 211 g/mol. The van der Waals surface area contributed by atoms with E-state index in [0.717, 1.165) is 5.57 Å². The van der Waals surface area contributed by atoms with Crippen molar-refractivity contribution in [3.05, 3.63) is 24.3 Å². The Morgan fingerprint density at radius 3 is 1.53 bits per heavy atom. The molecular formula is C13H25NO. The van der Waals surface area contributed by atoms with Crippen LogP contribution in [0.15, 0.2) is 24.3 Å². The molecular weight excluding hydrogens is 186 g/mol. The van der Waals surface area contributed by atoms with Gasteiger partial charge in [0.05, 0.1) is 5.60 Å². The van der Waals surface area contributed by atoms with Crippen molar-refractivity contribution < 1.29 is 5.11 Å². The van der Waals surface area contributed by atoms with Gasteiger partial charge in [-0.05, 0) is 33.3 Å². The van der Waals surface area contributed by atoms with E-state index in [-0.39, 0.29) is 0 Å². The van der Waals surface area contributed by atoms with Crippen LogP contribution in [0.1, 0.15) is 41.5 Å². The molecule has 2 nitrogen and oxygen atoms in total. The summed E-state index contributed by atoms with van der Waals surface area (Å²) in [5.41, 5.74) is 5.64. The first-order chi connectivity index (χ1) is 6.39. The van der Waals surface area contributed by atoms with Gasteiger partial charge in [-0.25, -0.2) is 0 Å². The fraction of sp³-hybridized carbons (Fsp3) is 0.692. The number of rotatable bonds is 4. The number of nitrogens with two attached hydrogens (primary N) is 1. The SMILES string of the molecule is C=C(C)[C@](C)(N)C(C)(C)[C@@](C)(O)C(=C)C. The lowest BCUT2D eigenvalue weighted by Gasteiger charge is -2.51. The van der Waals surface area contributed by atoms with E-state index in [1.807, 2.05) is 34.6 Å². The number of aliphatic hydroxyl groups is 1. The molecule has 88 valence electrons. The highest BCUT2D eigenvalue weighted by atomic mass is 16.3. The molecule has 2 atom stereocenters. The maximum atomic E-state index is 10.5. The Morgan fingerprint density at radius 2 is 1.33 bits per heavy atom. The van der Waals surface area contributed by atoms with Gasteiger partial charge in [0.1, 0.15) is 0 Å². The zero-order chi connectivity index (χ0) is 12.7. The van der Waals surface area contributed by atoms with Crippen molar-refractivity contribution >= 4 is 0 Å². The van der Waals surface area contributed by atoms with Gasteiger partial charge in [-0.3, -0.25) is 0 Å². The Labute approximate surface area is 93.9 Å². The van der Waals surface area contributed by atoms with Crippen LogP contribution in [0.3, 0.4) is 0 Å². The van der Waals surface area contributed by atoms with Crippen molar-refractivity contribution in [1.82, 2.24) is 0 Å². The first-order valence-electron chi connectivity index (χ1n) is 5.22. The topological polar surface area (TPSA) is 46.2 Å². The third kappa shape index (κ3) is 2.01. The molecule has 0 aromatic heterocycles. The molecule has 0 spiro atoms. The molecule has 0 aliphatic carbocycles. The van der Waals surface area contributed by atoms with Crippen LogP contribution in [0, 0.1) is 5.41 Å². The van der Waals surface area contributed by atoms with Gasteiger partial charge in [0.15, 0.2) is 0 Å². The summed E-state index contributed by atoms with van der Waals surface area (Å²) < 4.78 is 0. The summed E-state index contributed by atoms with van der Waals surface area (Å²) in [6, 6.07) is 0. The molecule has 0 bridgehead atoms. The minimum atomic E-state index is -1.02. The second kappa shape index (κ2) is 3.76. The fourth-order valence-corrected chi connectivity index (χ4v) is 1.57. The molecule has 0 unspecified atom stereocenters. The Bertz CT molecular complexity index is 257. The number of hydrogen-bond acceptors (Lipinski definition) is 2. The van der Waals surface area contributed by atoms with Crippen LogP contribution in [0.25, 0.3) is 0 Å². The third-order valence-electron chi connectivity index (χ3n) is 4.23. The minimum absolute atomic E-state index is 0.530. The lowest BCUT2D eigenvalue weighted by Crippen LogP contribution is -2.61. The largest absolute Gasteiger partial charge is 0.385 e. The van der Waals surface area contributed by atoms with Crippen LogP contribution in [0.5, 0.6) is 0 Å². The molecule has 0 radical (unpaired) electrons. The molecule has 0 amide bonds. The summed E-state index contributed by atoms with van der Waals surface area (Å²) in [5.74, 6) is 0. The van der Waals surface area contributed by atoms with Crippen molar-refractivity contribution in [3.63, 3.8) is 0 Å². The highest BCUT2D eigenvalue weighted by Gasteiger charge is 2.51. The van der Waals surface area contributed by atoms with Gasteiger partial charge in [-0.1, -0.05) is 32.6 Å². The van der Waals surface area contributed by atoms with Crippen molar-refractivity contribution in [2.24, 2.45) is 11.1 Å². The van der Waals surface area contributed by atoms with Gasteiger partial charge in [0, 0.05) is 11.0 Å². The van der Waals surface area contributed by atoms with Crippen LogP contribution in [-0.2, 0) is 0 Å². The van der Waals surface area contributed by atoms with E-state index in [4.69, 9.17) is 5.73 Å². The van der Waals surface area contributed by atoms with Gasteiger partial charge in [0.25, 0.3) is 0 Å². The quantitative estimate of drug-likeness (QED) is 0.702. The van der Waals surface area contributed by atoms with Crippen LogP contribution in [-0.4, -0.2) is 16.2 Å². The first-order valence-corrected chi connectivity index (χ1v) is 5.22. The average Bonchev–Trinajstić information content (AvgIpc) is 2.02. The Balaban J connectivity index is 5.50. The maximum absolute atomic E-state index is 10.5. The molecule has 0 aromatic carbocycles. The lowest BCUT2D eigenvalue weighted by atomic mass is 9.59. The van der Waals surface area contributed by atoms with Crippen LogP contribution in [0.2, 0.25) is 0 Å². The zero-order valence-electron chi connectivity index (χ0n) is 10.9. The van der Waals surface area contributed by atoms with Crippen molar-refractivity contribution in [2.75, 3.05) is 0 Å². The Morgan fingerprint density at radius 1 is 1.00 bits per heavy atom. The summed E-state index contributed by atoms with van der Waals surface area (Å²) in [4.78, 5) is 0. The minimum Gasteiger partial charge on any atom is -0.385 e. The Kier molecular flexibility index (Phi) is 3.61. The van der Waals surface area contributed by atoms with E-state index in [9.17, 15) is 5.11 Å². The summed E-state index contributed by atoms with van der Waals surface area (Å²) in [6.07, 6.45) is 0. The maximum Gasteiger partial charge on any atom is 0.0894 e. The summed E-state index contributed by atoms with van der Waals surface area (Å²) in [7, 11) is 0. The van der Waals surface area contributed by atoms with E-state index >= 15 is 0 Å². The summed E-state index contributed by atoms with van der Waals surface area (Å²) >= 11 is 0. The van der Waals surface area contributed by atoms with Gasteiger partial charge in [0.2, 0.25) is 0 Å². The van der Waals surface area contributed by atoms with E-state index in [1.165, 1.54) is 0 Å². The molecule has 15 heavy (non-hydrogen) atoms. The van der Waals surface area contributed by atoms with Gasteiger partial charge >= 0.3 is 0 Å². The smallest absolute Gasteiger partial charge is 0.0894 e. The van der Waals surface area contributed by atoms with Crippen LogP contribution < -0.4 is 5.73 Å². The average molecular weight is 211 g/mol. The first kappa shape index (κ1) is 14.4. The molecule has 0 aromatic rings. The highest BCUT2D eigenvalue weighted by molar-refractivity contribution is 5.26. The van der Waals surface area contributed by atoms with E-state index < -0.39 is 16.6 Å². The number of hydrogen-bond donors (Lipinski definition) is 2. The molecule has 0 saturated heterocycles. The van der Waals surface area contributed by atoms with Crippen LogP contribution >= 0.6 is 0 Å². The summed E-state index contributed by atoms with van der Waals surface area (Å²) in [5, 5.41) is 10.5. The zero-order valence-corrected chi connectivity index (χ0v) is 10.9. The molecule has 0 rings (SSSR count). The highest BCUT2D eigenvalue weighted by Crippen LogP contribution is 2.45. The van der Waals surface area contributed by atoms with Crippen molar-refractivity contribution in [3.8, 4) is 0 Å². The van der Waals surface area contributed by atoms with E-state index in [1.54, 1.807) is 6.92 Å². The second-order valence-electron chi connectivity index (χ2n) is 5.46. The normalized spacial score (nSPS) is 20.3. The fourth-order valence-electron chi connectivity index (χ4n) is 1.57. The molecule has 0 aliphatic rings. The van der Waals surface area contributed by atoms with Crippen molar-refractivity contribution in [1.29, 1.82) is 0 Å². The van der Waals surface area contributed by atoms with Gasteiger partial charge in [-0.15, -0.1) is 0 Å². The predicted molar refractivity (Wildman–Crippen MR) is 66.6 cm³/mol. The van der Waals surface area contributed by atoms with Crippen LogP contribution in [0.4, 0.5) is 0 Å². The molecule has 0 aliphatic heterocycles. The van der Waals surface area contributed by atoms with Crippen molar-refractivity contribution in [2.45, 2.75) is 52.7 Å². The molecule has 0 saturated carbocycles. The standard InChI is InChI=1S/C13H25NO/c1-9(2)12(7,14)11(5,6)13(8,15)10(3)4/h15H,1,3,14H2,2,4-8H3/t12-,13-/m0/s1. The van der Waals surface area contributed by atoms with Gasteiger partial charge in [-0.2, -0.15) is 0 Å². The predicted octanol–water partition coefficient (Wildman–Crippen LogP) is 2.63. The Hall–Kier alpha value is -0.600.